The Kier molecular flexibility index (Phi) is 12.3. The molecule has 1 aromatic carbocycles. The molecule has 0 bridgehead atoms. The molecule has 29 heavy (non-hydrogen) atoms. The molecule has 0 saturated carbocycles. The van der Waals surface area contributed by atoms with Crippen LogP contribution in [0.2, 0.25) is 0 Å². The van der Waals surface area contributed by atoms with Gasteiger partial charge in [-0.25, -0.2) is 4.99 Å². The van der Waals surface area contributed by atoms with Crippen molar-refractivity contribution >= 4 is 41.8 Å². The maximum atomic E-state index is 12.2. The van der Waals surface area contributed by atoms with Crippen LogP contribution in [0.15, 0.2) is 29.3 Å². The third-order valence-corrected chi connectivity index (χ3v) is 4.13. The van der Waals surface area contributed by atoms with Crippen molar-refractivity contribution < 1.29 is 14.3 Å². The van der Waals surface area contributed by atoms with E-state index < -0.39 is 5.41 Å². The Balaban J connectivity index is 0.00000784. The van der Waals surface area contributed by atoms with E-state index in [1.54, 1.807) is 21.2 Å². The number of likely N-dealkylation sites (N-methyl/N-ethyl adjacent to an activating group) is 1. The number of hydrogen-bond donors (Lipinski definition) is 3. The zero-order valence-corrected chi connectivity index (χ0v) is 20.5. The lowest BCUT2D eigenvalue weighted by molar-refractivity contribution is -0.129. The number of carbonyl (C=O) groups excluding carboxylic acids is 2. The average molecular weight is 519 g/mol. The van der Waals surface area contributed by atoms with E-state index in [0.717, 1.165) is 11.3 Å². The number of halogens is 1. The zero-order chi connectivity index (χ0) is 21.2. The molecule has 0 aliphatic carbocycles. The molecule has 8 nitrogen and oxygen atoms in total. The lowest BCUT2D eigenvalue weighted by Crippen LogP contribution is -2.49. The molecule has 1 rings (SSSR count). The van der Waals surface area contributed by atoms with Crippen LogP contribution in [-0.2, 0) is 16.1 Å². The van der Waals surface area contributed by atoms with Gasteiger partial charge in [-0.2, -0.15) is 0 Å². The van der Waals surface area contributed by atoms with Gasteiger partial charge in [0.25, 0.3) is 0 Å². The van der Waals surface area contributed by atoms with Gasteiger partial charge in [0.15, 0.2) is 5.96 Å². The third-order valence-electron chi connectivity index (χ3n) is 4.13. The molecule has 0 fully saturated rings. The van der Waals surface area contributed by atoms with Crippen molar-refractivity contribution in [3.63, 3.8) is 0 Å². The molecule has 0 saturated heterocycles. The number of carbonyl (C=O) groups is 2. The van der Waals surface area contributed by atoms with Gasteiger partial charge in [-0.3, -0.25) is 9.59 Å². The molecule has 2 amide bonds. The molecule has 3 N–H and O–H groups in total. The lowest BCUT2D eigenvalue weighted by atomic mass is 9.92. The Morgan fingerprint density at radius 2 is 1.72 bits per heavy atom. The molecular formula is C20H34IN5O3. The normalized spacial score (nSPS) is 11.2. The molecule has 0 aromatic heterocycles. The largest absolute Gasteiger partial charge is 0.497 e. The summed E-state index contributed by atoms with van der Waals surface area (Å²) in [6.07, 6.45) is 0. The molecule has 0 aliphatic heterocycles. The maximum Gasteiger partial charge on any atom is 0.241 e. The number of nitrogens with one attached hydrogen (secondary N) is 3. The molecule has 0 aliphatic rings. The van der Waals surface area contributed by atoms with Crippen LogP contribution in [0, 0.1) is 5.41 Å². The van der Waals surface area contributed by atoms with Crippen molar-refractivity contribution in [3.05, 3.63) is 29.8 Å². The smallest absolute Gasteiger partial charge is 0.241 e. The van der Waals surface area contributed by atoms with Gasteiger partial charge < -0.3 is 25.6 Å². The first kappa shape index (κ1) is 27.0. The second-order valence-corrected chi connectivity index (χ2v) is 7.25. The van der Waals surface area contributed by atoms with Crippen molar-refractivity contribution in [2.24, 2.45) is 10.4 Å². The first-order chi connectivity index (χ1) is 13.2. The minimum absolute atomic E-state index is 0. The number of rotatable bonds is 9. The van der Waals surface area contributed by atoms with E-state index in [0.29, 0.717) is 25.6 Å². The van der Waals surface area contributed by atoms with E-state index in [9.17, 15) is 9.59 Å². The van der Waals surface area contributed by atoms with Crippen LogP contribution in [0.1, 0.15) is 26.3 Å². The van der Waals surface area contributed by atoms with Crippen LogP contribution in [0.4, 0.5) is 0 Å². The highest BCUT2D eigenvalue weighted by Gasteiger charge is 2.27. The number of aliphatic imine (C=N–C) groups is 1. The summed E-state index contributed by atoms with van der Waals surface area (Å²) in [7, 11) is 5.02. The van der Waals surface area contributed by atoms with E-state index in [1.807, 2.05) is 45.0 Å². The van der Waals surface area contributed by atoms with Gasteiger partial charge in [0.2, 0.25) is 11.8 Å². The fraction of sp³-hybridized carbons (Fsp3) is 0.550. The molecule has 1 aromatic rings. The number of benzene rings is 1. The predicted molar refractivity (Wildman–Crippen MR) is 127 cm³/mol. The molecule has 0 heterocycles. The fourth-order valence-electron chi connectivity index (χ4n) is 2.18. The van der Waals surface area contributed by atoms with Crippen LogP contribution in [0.3, 0.4) is 0 Å². The van der Waals surface area contributed by atoms with E-state index in [4.69, 9.17) is 4.74 Å². The van der Waals surface area contributed by atoms with Crippen molar-refractivity contribution in [2.75, 3.05) is 40.8 Å². The molecule has 0 atom stereocenters. The van der Waals surface area contributed by atoms with Crippen LogP contribution < -0.4 is 20.7 Å². The highest BCUT2D eigenvalue weighted by molar-refractivity contribution is 14.0. The average Bonchev–Trinajstić information content (AvgIpc) is 2.67. The summed E-state index contributed by atoms with van der Waals surface area (Å²) in [4.78, 5) is 30.1. The predicted octanol–water partition coefficient (Wildman–Crippen LogP) is 1.60. The summed E-state index contributed by atoms with van der Waals surface area (Å²) in [5.74, 6) is 1.15. The standard InChI is InChI=1S/C20H33N5O3.HI/c1-7-21-18(27)20(2,3)14-24-19(23-13-17(26)25(4)5)22-12-15-8-10-16(28-6)11-9-15;/h8-11H,7,12-14H2,1-6H3,(H,21,27)(H2,22,23,24);1H. The summed E-state index contributed by atoms with van der Waals surface area (Å²) in [6.45, 7) is 7.10. The van der Waals surface area contributed by atoms with Gasteiger partial charge in [0, 0.05) is 27.2 Å². The molecule has 0 spiro atoms. The SMILES string of the molecule is CCNC(=O)C(C)(C)CNC(=NCc1ccc(OC)cc1)NCC(=O)N(C)C.I. The number of amides is 2. The number of methoxy groups -OCH3 is 1. The highest BCUT2D eigenvalue weighted by atomic mass is 127. The Morgan fingerprint density at radius 1 is 1.10 bits per heavy atom. The quantitative estimate of drug-likeness (QED) is 0.262. The Labute approximate surface area is 190 Å². The Bertz CT molecular complexity index is 675. The van der Waals surface area contributed by atoms with E-state index in [-0.39, 0.29) is 42.3 Å². The number of nitrogens with zero attached hydrogens (tertiary/aromatic N) is 2. The molecule has 9 heteroatoms. The van der Waals surface area contributed by atoms with Crippen molar-refractivity contribution in [3.8, 4) is 5.75 Å². The van der Waals surface area contributed by atoms with Crippen LogP contribution >= 0.6 is 24.0 Å². The van der Waals surface area contributed by atoms with Crippen molar-refractivity contribution in [1.82, 2.24) is 20.9 Å². The molecule has 164 valence electrons. The van der Waals surface area contributed by atoms with Crippen LogP contribution in [0.5, 0.6) is 5.75 Å². The van der Waals surface area contributed by atoms with E-state index in [2.05, 4.69) is 20.9 Å². The Morgan fingerprint density at radius 3 is 2.24 bits per heavy atom. The van der Waals surface area contributed by atoms with Gasteiger partial charge in [-0.1, -0.05) is 12.1 Å². The van der Waals surface area contributed by atoms with Crippen LogP contribution in [0.25, 0.3) is 0 Å². The molecule has 0 unspecified atom stereocenters. The summed E-state index contributed by atoms with van der Waals surface area (Å²) < 4.78 is 5.16. The third kappa shape index (κ3) is 9.82. The van der Waals surface area contributed by atoms with Crippen molar-refractivity contribution in [2.45, 2.75) is 27.3 Å². The maximum absolute atomic E-state index is 12.2. The summed E-state index contributed by atoms with van der Waals surface area (Å²) >= 11 is 0. The Hall–Kier alpha value is -2.04. The van der Waals surface area contributed by atoms with E-state index >= 15 is 0 Å². The summed E-state index contributed by atoms with van der Waals surface area (Å²) in [5, 5.41) is 9.03. The highest BCUT2D eigenvalue weighted by Crippen LogP contribution is 2.14. The second-order valence-electron chi connectivity index (χ2n) is 7.25. The minimum Gasteiger partial charge on any atom is -0.497 e. The first-order valence-corrected chi connectivity index (χ1v) is 9.33. The van der Waals surface area contributed by atoms with Gasteiger partial charge in [-0.15, -0.1) is 24.0 Å². The fourth-order valence-corrected chi connectivity index (χ4v) is 2.18. The van der Waals surface area contributed by atoms with Gasteiger partial charge in [-0.05, 0) is 38.5 Å². The topological polar surface area (TPSA) is 95.1 Å². The number of hydrogen-bond acceptors (Lipinski definition) is 4. The van der Waals surface area contributed by atoms with Gasteiger partial charge in [0.05, 0.1) is 25.6 Å². The van der Waals surface area contributed by atoms with Crippen LogP contribution in [-0.4, -0.2) is 63.5 Å². The monoisotopic (exact) mass is 519 g/mol. The summed E-state index contributed by atoms with van der Waals surface area (Å²) in [6, 6.07) is 7.62. The minimum atomic E-state index is -0.621. The van der Waals surface area contributed by atoms with Gasteiger partial charge in [0.1, 0.15) is 5.75 Å². The molecule has 0 radical (unpaired) electrons. The second kappa shape index (κ2) is 13.2. The van der Waals surface area contributed by atoms with E-state index in [1.165, 1.54) is 4.90 Å². The zero-order valence-electron chi connectivity index (χ0n) is 18.2. The number of guanidine groups is 1. The lowest BCUT2D eigenvalue weighted by Gasteiger charge is -2.25. The van der Waals surface area contributed by atoms with Crippen molar-refractivity contribution in [1.29, 1.82) is 0 Å². The summed E-state index contributed by atoms with van der Waals surface area (Å²) in [5.41, 5.74) is 0.383. The van der Waals surface area contributed by atoms with Gasteiger partial charge >= 0.3 is 0 Å². The number of ether oxygens (including phenoxy) is 1. The first-order valence-electron chi connectivity index (χ1n) is 9.33. The molecular weight excluding hydrogens is 485 g/mol.